The molecule has 0 saturated heterocycles. The van der Waals surface area contributed by atoms with Gasteiger partial charge in [-0.3, -0.25) is 9.97 Å². The van der Waals surface area contributed by atoms with E-state index in [1.54, 1.807) is 18.6 Å². The van der Waals surface area contributed by atoms with E-state index in [1.807, 2.05) is 6.92 Å². The van der Waals surface area contributed by atoms with Gasteiger partial charge in [0, 0.05) is 23.9 Å². The first kappa shape index (κ1) is 10.1. The number of anilines is 1. The fourth-order valence-electron chi connectivity index (χ4n) is 1.75. The van der Waals surface area contributed by atoms with Crippen LogP contribution < -0.4 is 5.73 Å². The highest BCUT2D eigenvalue weighted by Crippen LogP contribution is 2.39. The Morgan fingerprint density at radius 2 is 2.06 bits per heavy atom. The maximum absolute atomic E-state index is 5.93. The molecule has 0 amide bonds. The third-order valence-corrected chi connectivity index (χ3v) is 2.95. The number of nitrogens with two attached hydrogens (primary N) is 1. The van der Waals surface area contributed by atoms with Crippen LogP contribution in [0.1, 0.15) is 30.1 Å². The molecule has 0 atom stereocenters. The Hall–Kier alpha value is -2.04. The molecule has 0 bridgehead atoms. The van der Waals surface area contributed by atoms with Crippen LogP contribution in [0.15, 0.2) is 18.6 Å². The largest absolute Gasteiger partial charge is 0.383 e. The number of nitrogens with zero attached hydrogens (tertiary/aromatic N) is 4. The lowest BCUT2D eigenvalue weighted by atomic mass is 10.2. The first-order valence-corrected chi connectivity index (χ1v) is 5.66. The third kappa shape index (κ3) is 1.84. The lowest BCUT2D eigenvalue weighted by molar-refractivity contribution is 0.924. The van der Waals surface area contributed by atoms with E-state index in [4.69, 9.17) is 5.73 Å². The van der Waals surface area contributed by atoms with Gasteiger partial charge in [0.1, 0.15) is 17.3 Å². The molecule has 5 heteroatoms. The summed E-state index contributed by atoms with van der Waals surface area (Å²) >= 11 is 0. The zero-order valence-electron chi connectivity index (χ0n) is 9.59. The predicted molar refractivity (Wildman–Crippen MR) is 64.2 cm³/mol. The van der Waals surface area contributed by atoms with Gasteiger partial charge in [0.15, 0.2) is 0 Å². The van der Waals surface area contributed by atoms with Crippen LogP contribution in [-0.2, 0) is 0 Å². The van der Waals surface area contributed by atoms with Gasteiger partial charge in [0.2, 0.25) is 0 Å². The van der Waals surface area contributed by atoms with Crippen LogP contribution in [0.4, 0.5) is 5.82 Å². The SMILES string of the molecule is Cc1c(N)nc(C2CC2)nc1-c1cnccn1. The second-order valence-corrected chi connectivity index (χ2v) is 4.31. The Morgan fingerprint density at radius 3 is 2.71 bits per heavy atom. The highest BCUT2D eigenvalue weighted by Gasteiger charge is 2.28. The lowest BCUT2D eigenvalue weighted by Crippen LogP contribution is -2.04. The van der Waals surface area contributed by atoms with Crippen molar-refractivity contribution in [2.24, 2.45) is 0 Å². The zero-order chi connectivity index (χ0) is 11.8. The molecule has 3 rings (SSSR count). The second-order valence-electron chi connectivity index (χ2n) is 4.31. The van der Waals surface area contributed by atoms with E-state index in [0.29, 0.717) is 11.7 Å². The smallest absolute Gasteiger partial charge is 0.134 e. The summed E-state index contributed by atoms with van der Waals surface area (Å²) in [6.45, 7) is 1.91. The van der Waals surface area contributed by atoms with Gasteiger partial charge < -0.3 is 5.73 Å². The number of hydrogen-bond acceptors (Lipinski definition) is 5. The van der Waals surface area contributed by atoms with Crippen LogP contribution in [0.5, 0.6) is 0 Å². The summed E-state index contributed by atoms with van der Waals surface area (Å²) in [5, 5.41) is 0. The van der Waals surface area contributed by atoms with Crippen molar-refractivity contribution in [1.29, 1.82) is 0 Å². The Balaban J connectivity index is 2.14. The molecule has 1 saturated carbocycles. The molecular formula is C12H13N5. The van der Waals surface area contributed by atoms with E-state index < -0.39 is 0 Å². The quantitative estimate of drug-likeness (QED) is 0.844. The molecule has 0 spiro atoms. The highest BCUT2D eigenvalue weighted by atomic mass is 15.0. The minimum atomic E-state index is 0.480. The molecule has 1 fully saturated rings. The van der Waals surface area contributed by atoms with Crippen LogP contribution in [0.3, 0.4) is 0 Å². The molecule has 1 aliphatic rings. The van der Waals surface area contributed by atoms with E-state index in [9.17, 15) is 0 Å². The summed E-state index contributed by atoms with van der Waals surface area (Å²) in [6.07, 6.45) is 7.31. The van der Waals surface area contributed by atoms with Gasteiger partial charge in [-0.15, -0.1) is 0 Å². The van der Waals surface area contributed by atoms with Gasteiger partial charge in [-0.25, -0.2) is 9.97 Å². The molecule has 0 aromatic carbocycles. The maximum atomic E-state index is 5.93. The van der Waals surface area contributed by atoms with Gasteiger partial charge in [0.05, 0.1) is 11.9 Å². The van der Waals surface area contributed by atoms with Crippen LogP contribution in [0, 0.1) is 6.92 Å². The lowest BCUT2D eigenvalue weighted by Gasteiger charge is -2.08. The fraction of sp³-hybridized carbons (Fsp3) is 0.333. The van der Waals surface area contributed by atoms with E-state index >= 15 is 0 Å². The van der Waals surface area contributed by atoms with Crippen LogP contribution >= 0.6 is 0 Å². The summed E-state index contributed by atoms with van der Waals surface area (Å²) in [6, 6.07) is 0. The summed E-state index contributed by atoms with van der Waals surface area (Å²) in [5.41, 5.74) is 8.34. The molecule has 17 heavy (non-hydrogen) atoms. The third-order valence-electron chi connectivity index (χ3n) is 2.95. The zero-order valence-corrected chi connectivity index (χ0v) is 9.59. The highest BCUT2D eigenvalue weighted by molar-refractivity contribution is 5.63. The molecule has 86 valence electrons. The number of rotatable bonds is 2. The molecule has 1 aliphatic carbocycles. The van der Waals surface area contributed by atoms with E-state index in [0.717, 1.165) is 35.6 Å². The van der Waals surface area contributed by atoms with Crippen molar-refractivity contribution in [3.05, 3.63) is 30.0 Å². The number of aromatic nitrogens is 4. The van der Waals surface area contributed by atoms with Crippen LogP contribution in [0.25, 0.3) is 11.4 Å². The number of hydrogen-bond donors (Lipinski definition) is 1. The van der Waals surface area contributed by atoms with Crippen molar-refractivity contribution in [3.8, 4) is 11.4 Å². The monoisotopic (exact) mass is 227 g/mol. The normalized spacial score (nSPS) is 14.9. The van der Waals surface area contributed by atoms with E-state index in [-0.39, 0.29) is 0 Å². The molecule has 2 aromatic heterocycles. The van der Waals surface area contributed by atoms with Gasteiger partial charge >= 0.3 is 0 Å². The van der Waals surface area contributed by atoms with Gasteiger partial charge in [-0.05, 0) is 19.8 Å². The van der Waals surface area contributed by atoms with Crippen molar-refractivity contribution in [2.45, 2.75) is 25.7 Å². The topological polar surface area (TPSA) is 77.6 Å². The summed E-state index contributed by atoms with van der Waals surface area (Å²) in [4.78, 5) is 17.2. The molecule has 0 radical (unpaired) electrons. The number of nitrogen functional groups attached to an aromatic ring is 1. The minimum Gasteiger partial charge on any atom is -0.383 e. The van der Waals surface area contributed by atoms with Crippen LogP contribution in [-0.4, -0.2) is 19.9 Å². The average Bonchev–Trinajstić information content (AvgIpc) is 3.18. The first-order valence-electron chi connectivity index (χ1n) is 5.66. The Labute approximate surface area is 99.2 Å². The molecular weight excluding hydrogens is 214 g/mol. The average molecular weight is 227 g/mol. The summed E-state index contributed by atoms with van der Waals surface area (Å²) in [5.74, 6) is 1.87. The van der Waals surface area contributed by atoms with Crippen molar-refractivity contribution in [1.82, 2.24) is 19.9 Å². The fourth-order valence-corrected chi connectivity index (χ4v) is 1.75. The van der Waals surface area contributed by atoms with Gasteiger partial charge in [-0.2, -0.15) is 0 Å². The van der Waals surface area contributed by atoms with Crippen molar-refractivity contribution in [2.75, 3.05) is 5.73 Å². The van der Waals surface area contributed by atoms with Crippen molar-refractivity contribution >= 4 is 5.82 Å². The Morgan fingerprint density at radius 1 is 1.24 bits per heavy atom. The molecule has 2 heterocycles. The van der Waals surface area contributed by atoms with Gasteiger partial charge in [0.25, 0.3) is 0 Å². The Kier molecular flexibility index (Phi) is 2.24. The molecule has 2 aromatic rings. The van der Waals surface area contributed by atoms with Crippen molar-refractivity contribution in [3.63, 3.8) is 0 Å². The molecule has 0 unspecified atom stereocenters. The molecule has 5 nitrogen and oxygen atoms in total. The summed E-state index contributed by atoms with van der Waals surface area (Å²) < 4.78 is 0. The predicted octanol–water partition coefficient (Wildman–Crippen LogP) is 1.70. The van der Waals surface area contributed by atoms with E-state index in [2.05, 4.69) is 19.9 Å². The maximum Gasteiger partial charge on any atom is 0.134 e. The standard InChI is InChI=1S/C12H13N5/c1-7-10(9-6-14-4-5-15-9)16-12(8-2-3-8)17-11(7)13/h4-6,8H,2-3H2,1H3,(H2,13,16,17). The minimum absolute atomic E-state index is 0.480. The molecule has 0 aliphatic heterocycles. The van der Waals surface area contributed by atoms with Crippen molar-refractivity contribution < 1.29 is 0 Å². The molecule has 2 N–H and O–H groups in total. The first-order chi connectivity index (χ1) is 8.25. The van der Waals surface area contributed by atoms with Crippen LogP contribution in [0.2, 0.25) is 0 Å². The van der Waals surface area contributed by atoms with Gasteiger partial charge in [-0.1, -0.05) is 0 Å². The van der Waals surface area contributed by atoms with E-state index in [1.165, 1.54) is 0 Å². The second kappa shape index (κ2) is 3.76. The Bertz CT molecular complexity index is 548. The summed E-state index contributed by atoms with van der Waals surface area (Å²) in [7, 11) is 0.